The van der Waals surface area contributed by atoms with Crippen LogP contribution in [0.25, 0.3) is 0 Å². The van der Waals surface area contributed by atoms with Crippen molar-refractivity contribution in [3.63, 3.8) is 0 Å². The zero-order valence-corrected chi connectivity index (χ0v) is 10.3. The molecule has 1 aliphatic rings. The highest BCUT2D eigenvalue weighted by molar-refractivity contribution is 5.79. The van der Waals surface area contributed by atoms with Crippen LogP contribution in [0.1, 0.15) is 36.5 Å². The van der Waals surface area contributed by atoms with E-state index < -0.39 is 0 Å². The molecule has 1 saturated heterocycles. The van der Waals surface area contributed by atoms with Crippen molar-refractivity contribution in [3.05, 3.63) is 34.9 Å². The van der Waals surface area contributed by atoms with Crippen molar-refractivity contribution >= 4 is 5.91 Å². The molecule has 1 heterocycles. The van der Waals surface area contributed by atoms with Gasteiger partial charge in [-0.25, -0.2) is 0 Å². The van der Waals surface area contributed by atoms with Gasteiger partial charge >= 0.3 is 0 Å². The molecule has 16 heavy (non-hydrogen) atoms. The molecule has 1 fully saturated rings. The van der Waals surface area contributed by atoms with Gasteiger partial charge in [0.1, 0.15) is 0 Å². The Bertz CT molecular complexity index is 404. The predicted molar refractivity (Wildman–Crippen MR) is 65.4 cm³/mol. The minimum atomic E-state index is -0.0477. The normalized spacial score (nSPS) is 24.6. The molecule has 1 unspecified atom stereocenters. The van der Waals surface area contributed by atoms with Crippen molar-refractivity contribution in [2.75, 3.05) is 0 Å². The molecular weight excluding hydrogens is 198 g/mol. The Morgan fingerprint density at radius 1 is 1.31 bits per heavy atom. The zero-order valence-electron chi connectivity index (χ0n) is 10.3. The van der Waals surface area contributed by atoms with Crippen LogP contribution in [0, 0.1) is 13.8 Å². The highest BCUT2D eigenvalue weighted by atomic mass is 16.2. The minimum Gasteiger partial charge on any atom is -0.351 e. The summed E-state index contributed by atoms with van der Waals surface area (Å²) in [4.78, 5) is 11.3. The number of hydrogen-bond donors (Lipinski definition) is 1. The monoisotopic (exact) mass is 217 g/mol. The molecule has 2 rings (SSSR count). The van der Waals surface area contributed by atoms with Gasteiger partial charge in [0.15, 0.2) is 0 Å². The van der Waals surface area contributed by atoms with Crippen molar-refractivity contribution in [1.29, 1.82) is 0 Å². The number of hydrogen-bond acceptors (Lipinski definition) is 1. The average molecular weight is 217 g/mol. The standard InChI is InChI=1S/C14H19NO/c1-10-5-4-6-11(2)12(10)9-14(3)8-7-13(16)15-14/h4-6H,7-9H2,1-3H3,(H,15,16). The van der Waals surface area contributed by atoms with Gasteiger partial charge in [0.25, 0.3) is 0 Å². The summed E-state index contributed by atoms with van der Waals surface area (Å²) in [6.45, 7) is 6.43. The molecule has 0 bridgehead atoms. The summed E-state index contributed by atoms with van der Waals surface area (Å²) in [6.07, 6.45) is 2.55. The van der Waals surface area contributed by atoms with Gasteiger partial charge in [-0.15, -0.1) is 0 Å². The first-order valence-electron chi connectivity index (χ1n) is 5.86. The molecule has 1 amide bonds. The highest BCUT2D eigenvalue weighted by Crippen LogP contribution is 2.27. The number of amides is 1. The lowest BCUT2D eigenvalue weighted by Crippen LogP contribution is -2.40. The number of carbonyl (C=O) groups is 1. The van der Waals surface area contributed by atoms with Crippen LogP contribution in [-0.2, 0) is 11.2 Å². The van der Waals surface area contributed by atoms with E-state index in [0.29, 0.717) is 6.42 Å². The van der Waals surface area contributed by atoms with E-state index in [9.17, 15) is 4.79 Å². The van der Waals surface area contributed by atoms with Crippen molar-refractivity contribution in [2.24, 2.45) is 0 Å². The lowest BCUT2D eigenvalue weighted by atomic mass is 9.87. The largest absolute Gasteiger partial charge is 0.351 e. The van der Waals surface area contributed by atoms with E-state index in [-0.39, 0.29) is 11.4 Å². The number of rotatable bonds is 2. The fourth-order valence-electron chi connectivity index (χ4n) is 2.50. The Hall–Kier alpha value is -1.31. The molecular formula is C14H19NO. The number of benzene rings is 1. The molecule has 2 nitrogen and oxygen atoms in total. The van der Waals surface area contributed by atoms with E-state index in [1.165, 1.54) is 16.7 Å². The molecule has 1 N–H and O–H groups in total. The maximum Gasteiger partial charge on any atom is 0.220 e. The third-order valence-electron chi connectivity index (χ3n) is 3.56. The van der Waals surface area contributed by atoms with E-state index in [4.69, 9.17) is 0 Å². The van der Waals surface area contributed by atoms with E-state index in [1.54, 1.807) is 0 Å². The number of aryl methyl sites for hydroxylation is 2. The van der Waals surface area contributed by atoms with Crippen molar-refractivity contribution < 1.29 is 4.79 Å². The van der Waals surface area contributed by atoms with Gasteiger partial charge in [-0.1, -0.05) is 18.2 Å². The van der Waals surface area contributed by atoms with E-state index in [2.05, 4.69) is 44.3 Å². The molecule has 1 aromatic rings. The van der Waals surface area contributed by atoms with Crippen LogP contribution in [-0.4, -0.2) is 11.4 Å². The summed E-state index contributed by atoms with van der Waals surface area (Å²) in [7, 11) is 0. The van der Waals surface area contributed by atoms with Crippen molar-refractivity contribution in [3.8, 4) is 0 Å². The molecule has 0 aliphatic carbocycles. The third-order valence-corrected chi connectivity index (χ3v) is 3.56. The minimum absolute atomic E-state index is 0.0477. The lowest BCUT2D eigenvalue weighted by Gasteiger charge is -2.26. The molecule has 0 saturated carbocycles. The van der Waals surface area contributed by atoms with E-state index in [1.807, 2.05) is 0 Å². The SMILES string of the molecule is Cc1cccc(C)c1CC1(C)CCC(=O)N1. The fraction of sp³-hybridized carbons (Fsp3) is 0.500. The topological polar surface area (TPSA) is 29.1 Å². The zero-order chi connectivity index (χ0) is 11.8. The summed E-state index contributed by atoms with van der Waals surface area (Å²) < 4.78 is 0. The van der Waals surface area contributed by atoms with Crippen LogP contribution in [0.4, 0.5) is 0 Å². The van der Waals surface area contributed by atoms with Gasteiger partial charge in [0.05, 0.1) is 0 Å². The molecule has 1 atom stereocenters. The molecule has 0 radical (unpaired) electrons. The average Bonchev–Trinajstić information content (AvgIpc) is 2.53. The predicted octanol–water partition coefficient (Wildman–Crippen LogP) is 2.51. The van der Waals surface area contributed by atoms with Gasteiger partial charge in [-0.05, 0) is 50.3 Å². The van der Waals surface area contributed by atoms with Crippen LogP contribution < -0.4 is 5.32 Å². The lowest BCUT2D eigenvalue weighted by molar-refractivity contribution is -0.119. The quantitative estimate of drug-likeness (QED) is 0.810. The van der Waals surface area contributed by atoms with Crippen LogP contribution in [0.15, 0.2) is 18.2 Å². The first-order chi connectivity index (χ1) is 7.50. The maximum absolute atomic E-state index is 11.3. The Morgan fingerprint density at radius 2 is 1.94 bits per heavy atom. The van der Waals surface area contributed by atoms with E-state index in [0.717, 1.165) is 12.8 Å². The molecule has 2 heteroatoms. The summed E-state index contributed by atoms with van der Waals surface area (Å²) in [6, 6.07) is 6.37. The second-order valence-corrected chi connectivity index (χ2v) is 5.16. The number of carbonyl (C=O) groups excluding carboxylic acids is 1. The van der Waals surface area contributed by atoms with Crippen molar-refractivity contribution in [1.82, 2.24) is 5.32 Å². The Labute approximate surface area is 97.1 Å². The third kappa shape index (κ3) is 2.11. The first kappa shape index (κ1) is 11.2. The maximum atomic E-state index is 11.3. The summed E-state index contributed by atoms with van der Waals surface area (Å²) in [5, 5.41) is 3.09. The van der Waals surface area contributed by atoms with Crippen LogP contribution in [0.2, 0.25) is 0 Å². The van der Waals surface area contributed by atoms with Gasteiger partial charge in [-0.2, -0.15) is 0 Å². The smallest absolute Gasteiger partial charge is 0.220 e. The fourth-order valence-corrected chi connectivity index (χ4v) is 2.50. The summed E-state index contributed by atoms with van der Waals surface area (Å²) in [5.41, 5.74) is 3.98. The van der Waals surface area contributed by atoms with Gasteiger partial charge in [-0.3, -0.25) is 4.79 Å². The summed E-state index contributed by atoms with van der Waals surface area (Å²) >= 11 is 0. The number of nitrogens with one attached hydrogen (secondary N) is 1. The van der Waals surface area contributed by atoms with E-state index >= 15 is 0 Å². The Morgan fingerprint density at radius 3 is 2.44 bits per heavy atom. The Kier molecular flexibility index (Phi) is 2.75. The molecule has 1 aromatic carbocycles. The second kappa shape index (κ2) is 3.93. The molecule has 1 aliphatic heterocycles. The first-order valence-corrected chi connectivity index (χ1v) is 5.86. The van der Waals surface area contributed by atoms with Gasteiger partial charge in [0.2, 0.25) is 5.91 Å². The second-order valence-electron chi connectivity index (χ2n) is 5.16. The Balaban J connectivity index is 2.24. The van der Waals surface area contributed by atoms with Crippen molar-refractivity contribution in [2.45, 2.75) is 45.6 Å². The molecule has 86 valence electrons. The van der Waals surface area contributed by atoms with Gasteiger partial charge < -0.3 is 5.32 Å². The van der Waals surface area contributed by atoms with Gasteiger partial charge in [0, 0.05) is 12.0 Å². The van der Waals surface area contributed by atoms with Crippen LogP contribution >= 0.6 is 0 Å². The summed E-state index contributed by atoms with van der Waals surface area (Å²) in [5.74, 6) is 0.189. The van der Waals surface area contributed by atoms with Crippen LogP contribution in [0.5, 0.6) is 0 Å². The molecule has 0 spiro atoms. The van der Waals surface area contributed by atoms with Crippen LogP contribution in [0.3, 0.4) is 0 Å². The molecule has 0 aromatic heterocycles. The highest BCUT2D eigenvalue weighted by Gasteiger charge is 2.33.